The van der Waals surface area contributed by atoms with Gasteiger partial charge < -0.3 is 0 Å². The number of carbonyl (C=O) groups is 1. The molecule has 2 bridgehead atoms. The molecule has 0 unspecified atom stereocenters. The third-order valence-electron chi connectivity index (χ3n) is 3.91. The smallest absolute Gasteiger partial charge is 0.281 e. The van der Waals surface area contributed by atoms with Crippen molar-refractivity contribution >= 4 is 16.8 Å². The molecule has 0 aromatic carbocycles. The Morgan fingerprint density at radius 2 is 1.50 bits per heavy atom. The molecule has 0 radical (unpaired) electrons. The standard InChI is InChI=1S/C11H8ClF7O/c12-8(20)6-4-1-2-5(3-4)7(6)9(13,14)10(15,16)11(17,18)19/h1-2,4-7H,3H2/t4-,5+,6+,7+/m1/s1. The molecule has 2 aliphatic rings. The molecule has 1 saturated carbocycles. The van der Waals surface area contributed by atoms with Gasteiger partial charge in [-0.25, -0.2) is 0 Å². The van der Waals surface area contributed by atoms with E-state index in [0.29, 0.717) is 0 Å². The van der Waals surface area contributed by atoms with E-state index in [1.807, 2.05) is 0 Å². The Labute approximate surface area is 113 Å². The highest BCUT2D eigenvalue weighted by Crippen LogP contribution is 2.60. The fourth-order valence-electron chi connectivity index (χ4n) is 3.02. The SMILES string of the molecule is O=C(Cl)[C@@H]1[C@@H](C(F)(F)C(F)(F)C(F)(F)F)[C@H]2C=C[C@@H]1C2. The minimum absolute atomic E-state index is 0.0721. The summed E-state index contributed by atoms with van der Waals surface area (Å²) in [6, 6.07) is 0. The molecule has 1 nitrogen and oxygen atoms in total. The monoisotopic (exact) mass is 324 g/mol. The second kappa shape index (κ2) is 4.35. The highest BCUT2D eigenvalue weighted by Gasteiger charge is 2.78. The molecule has 0 N–H and O–H groups in total. The molecule has 2 rings (SSSR count). The number of hydrogen-bond acceptors (Lipinski definition) is 1. The lowest BCUT2D eigenvalue weighted by Gasteiger charge is -2.37. The van der Waals surface area contributed by atoms with Gasteiger partial charge in [-0.1, -0.05) is 12.2 Å². The maximum atomic E-state index is 13.8. The van der Waals surface area contributed by atoms with E-state index in [4.69, 9.17) is 11.6 Å². The summed E-state index contributed by atoms with van der Waals surface area (Å²) in [4.78, 5) is 11.1. The third kappa shape index (κ3) is 1.95. The topological polar surface area (TPSA) is 17.1 Å². The van der Waals surface area contributed by atoms with E-state index >= 15 is 0 Å². The van der Waals surface area contributed by atoms with Crippen molar-refractivity contribution in [2.24, 2.45) is 23.7 Å². The lowest BCUT2D eigenvalue weighted by Crippen LogP contribution is -2.58. The van der Waals surface area contributed by atoms with Crippen LogP contribution in [0.2, 0.25) is 0 Å². The average molecular weight is 325 g/mol. The Balaban J connectivity index is 2.43. The number of fused-ring (bicyclic) bond motifs is 2. The molecule has 9 heteroatoms. The molecule has 114 valence electrons. The molecule has 0 aromatic rings. The van der Waals surface area contributed by atoms with Crippen LogP contribution in [0.1, 0.15) is 6.42 Å². The summed E-state index contributed by atoms with van der Waals surface area (Å²) < 4.78 is 90.2. The minimum atomic E-state index is -6.40. The summed E-state index contributed by atoms with van der Waals surface area (Å²) in [7, 11) is 0. The minimum Gasteiger partial charge on any atom is -0.281 e. The molecular formula is C11H8ClF7O. The van der Waals surface area contributed by atoms with Crippen LogP contribution in [0, 0.1) is 23.7 Å². The number of alkyl halides is 7. The second-order valence-electron chi connectivity index (χ2n) is 5.00. The second-order valence-corrected chi connectivity index (χ2v) is 5.37. The van der Waals surface area contributed by atoms with Crippen molar-refractivity contribution in [1.29, 1.82) is 0 Å². The molecule has 0 amide bonds. The number of hydrogen-bond donors (Lipinski definition) is 0. The van der Waals surface area contributed by atoms with Crippen molar-refractivity contribution in [3.8, 4) is 0 Å². The van der Waals surface area contributed by atoms with Crippen LogP contribution in [-0.4, -0.2) is 23.3 Å². The van der Waals surface area contributed by atoms with Crippen molar-refractivity contribution in [2.75, 3.05) is 0 Å². The van der Waals surface area contributed by atoms with Crippen LogP contribution in [0.4, 0.5) is 30.7 Å². The highest BCUT2D eigenvalue weighted by atomic mass is 35.5. The lowest BCUT2D eigenvalue weighted by atomic mass is 9.77. The van der Waals surface area contributed by atoms with Gasteiger partial charge in [0.15, 0.2) is 0 Å². The van der Waals surface area contributed by atoms with E-state index in [1.165, 1.54) is 6.08 Å². The van der Waals surface area contributed by atoms with Gasteiger partial charge >= 0.3 is 18.0 Å². The number of rotatable bonds is 3. The van der Waals surface area contributed by atoms with Crippen LogP contribution >= 0.6 is 11.6 Å². The first kappa shape index (κ1) is 15.6. The third-order valence-corrected chi connectivity index (χ3v) is 4.17. The van der Waals surface area contributed by atoms with E-state index in [1.54, 1.807) is 0 Å². The van der Waals surface area contributed by atoms with Crippen molar-refractivity contribution in [1.82, 2.24) is 0 Å². The van der Waals surface area contributed by atoms with Gasteiger partial charge in [-0.15, -0.1) is 0 Å². The molecule has 1 fully saturated rings. The Morgan fingerprint density at radius 3 is 1.95 bits per heavy atom. The van der Waals surface area contributed by atoms with Gasteiger partial charge in [0, 0.05) is 11.8 Å². The van der Waals surface area contributed by atoms with Gasteiger partial charge in [0.2, 0.25) is 5.24 Å². The average Bonchev–Trinajstić information content (AvgIpc) is 2.86. The highest BCUT2D eigenvalue weighted by molar-refractivity contribution is 6.64. The van der Waals surface area contributed by atoms with E-state index in [9.17, 15) is 35.5 Å². The van der Waals surface area contributed by atoms with E-state index < -0.39 is 46.9 Å². The largest absolute Gasteiger partial charge is 0.459 e. The molecule has 0 heterocycles. The maximum Gasteiger partial charge on any atom is 0.459 e. The van der Waals surface area contributed by atoms with Gasteiger partial charge in [0.25, 0.3) is 0 Å². The Bertz CT molecular complexity index is 456. The Hall–Kier alpha value is -0.790. The predicted molar refractivity (Wildman–Crippen MR) is 54.5 cm³/mol. The van der Waals surface area contributed by atoms with E-state index in [0.717, 1.165) is 6.08 Å². The van der Waals surface area contributed by atoms with Crippen LogP contribution in [-0.2, 0) is 4.79 Å². The molecule has 2 aliphatic carbocycles. The van der Waals surface area contributed by atoms with Crippen molar-refractivity contribution in [3.63, 3.8) is 0 Å². The number of allylic oxidation sites excluding steroid dienone is 2. The van der Waals surface area contributed by atoms with E-state index in [2.05, 4.69) is 0 Å². The van der Waals surface area contributed by atoms with Crippen molar-refractivity contribution in [3.05, 3.63) is 12.2 Å². The quantitative estimate of drug-likeness (QED) is 0.435. The Morgan fingerprint density at radius 1 is 1.00 bits per heavy atom. The first-order valence-corrected chi connectivity index (χ1v) is 5.99. The van der Waals surface area contributed by atoms with Gasteiger partial charge in [0.1, 0.15) is 0 Å². The van der Waals surface area contributed by atoms with Gasteiger partial charge in [-0.2, -0.15) is 30.7 Å². The van der Waals surface area contributed by atoms with Gasteiger partial charge in [0.05, 0.1) is 0 Å². The van der Waals surface area contributed by atoms with Crippen LogP contribution in [0.25, 0.3) is 0 Å². The summed E-state index contributed by atoms with van der Waals surface area (Å²) in [5, 5.41) is -1.32. The van der Waals surface area contributed by atoms with Crippen LogP contribution < -0.4 is 0 Å². The summed E-state index contributed by atoms with van der Waals surface area (Å²) >= 11 is 5.11. The predicted octanol–water partition coefficient (Wildman–Crippen LogP) is 4.02. The summed E-state index contributed by atoms with van der Waals surface area (Å²) in [5.41, 5.74) is 0. The molecule has 4 atom stereocenters. The molecule has 0 spiro atoms. The summed E-state index contributed by atoms with van der Waals surface area (Å²) in [6.07, 6.45) is -3.97. The van der Waals surface area contributed by atoms with Gasteiger partial charge in [-0.05, 0) is 29.9 Å². The molecule has 0 aromatic heterocycles. The Kier molecular flexibility index (Phi) is 3.39. The van der Waals surface area contributed by atoms with Crippen LogP contribution in [0.15, 0.2) is 12.2 Å². The lowest BCUT2D eigenvalue weighted by molar-refractivity contribution is -0.369. The first-order chi connectivity index (χ1) is 8.91. The fourth-order valence-corrected chi connectivity index (χ4v) is 3.32. The van der Waals surface area contributed by atoms with Crippen molar-refractivity contribution in [2.45, 2.75) is 24.4 Å². The molecule has 0 saturated heterocycles. The number of halogens is 8. The van der Waals surface area contributed by atoms with Crippen LogP contribution in [0.5, 0.6) is 0 Å². The maximum absolute atomic E-state index is 13.8. The first-order valence-electron chi connectivity index (χ1n) is 5.61. The summed E-state index contributed by atoms with van der Waals surface area (Å²) in [5.74, 6) is -17.8. The van der Waals surface area contributed by atoms with E-state index in [-0.39, 0.29) is 6.42 Å². The summed E-state index contributed by atoms with van der Waals surface area (Å²) in [6.45, 7) is 0. The fraction of sp³-hybridized carbons (Fsp3) is 0.727. The van der Waals surface area contributed by atoms with Gasteiger partial charge in [-0.3, -0.25) is 4.79 Å². The molecule has 20 heavy (non-hydrogen) atoms. The zero-order valence-electron chi connectivity index (χ0n) is 9.60. The molecular weight excluding hydrogens is 317 g/mol. The van der Waals surface area contributed by atoms with Crippen LogP contribution in [0.3, 0.4) is 0 Å². The molecule has 0 aliphatic heterocycles. The van der Waals surface area contributed by atoms with Crippen molar-refractivity contribution < 1.29 is 35.5 Å². The zero-order valence-corrected chi connectivity index (χ0v) is 10.4. The zero-order chi connectivity index (χ0) is 15.5. The number of carbonyl (C=O) groups excluding carboxylic acids is 1. The normalized spacial score (nSPS) is 33.8.